The van der Waals surface area contributed by atoms with Gasteiger partial charge in [-0.1, -0.05) is 0 Å². The quantitative estimate of drug-likeness (QED) is 0.460. The Balaban J connectivity index is 2.20. The maximum atomic E-state index is 13.8. The second-order valence-electron chi connectivity index (χ2n) is 7.44. The average Bonchev–Trinajstić information content (AvgIpc) is 3.14. The van der Waals surface area contributed by atoms with Gasteiger partial charge in [-0.25, -0.2) is 14.0 Å². The Bertz CT molecular complexity index is 1360. The topological polar surface area (TPSA) is 109 Å². The van der Waals surface area contributed by atoms with E-state index in [1.807, 2.05) is 0 Å². The summed E-state index contributed by atoms with van der Waals surface area (Å²) in [5.74, 6) is -1.08. The van der Waals surface area contributed by atoms with E-state index in [-0.39, 0.29) is 34.7 Å². The van der Waals surface area contributed by atoms with Crippen LogP contribution in [0.5, 0.6) is 5.75 Å². The molecule has 0 radical (unpaired) electrons. The number of amides is 1. The van der Waals surface area contributed by atoms with Gasteiger partial charge in [0, 0.05) is 13.1 Å². The first kappa shape index (κ1) is 25.2. The van der Waals surface area contributed by atoms with Crippen LogP contribution in [-0.4, -0.2) is 41.3 Å². The lowest BCUT2D eigenvalue weighted by Crippen LogP contribution is -2.43. The number of benzene rings is 1. The molecule has 0 atom stereocenters. The number of aromatic nitrogens is 2. The van der Waals surface area contributed by atoms with Gasteiger partial charge >= 0.3 is 11.7 Å². The van der Waals surface area contributed by atoms with Crippen LogP contribution in [0.2, 0.25) is 0 Å². The van der Waals surface area contributed by atoms with E-state index in [0.717, 1.165) is 15.9 Å². The van der Waals surface area contributed by atoms with Crippen molar-refractivity contribution in [3.63, 3.8) is 0 Å². The molecule has 1 amide bonds. The fourth-order valence-electron chi connectivity index (χ4n) is 3.69. The zero-order valence-corrected chi connectivity index (χ0v) is 20.2. The molecule has 9 nitrogen and oxygen atoms in total. The number of esters is 1. The Morgan fingerprint density at radius 1 is 1.18 bits per heavy atom. The lowest BCUT2D eigenvalue weighted by Gasteiger charge is -2.13. The molecule has 0 spiro atoms. The maximum Gasteiger partial charge on any atom is 0.348 e. The number of nitrogens with zero attached hydrogens (tertiary/aromatic N) is 2. The van der Waals surface area contributed by atoms with Crippen molar-refractivity contribution in [1.82, 2.24) is 14.5 Å². The number of ether oxygens (including phenoxy) is 2. The molecule has 11 heteroatoms. The summed E-state index contributed by atoms with van der Waals surface area (Å²) in [4.78, 5) is 51.7. The van der Waals surface area contributed by atoms with Crippen molar-refractivity contribution in [3.8, 4) is 5.75 Å². The zero-order chi connectivity index (χ0) is 25.0. The third kappa shape index (κ3) is 4.89. The number of aryl methyl sites for hydroxylation is 3. The number of likely N-dealkylation sites (N-methyl/N-ethyl adjacent to an activating group) is 1. The van der Waals surface area contributed by atoms with Gasteiger partial charge in [-0.3, -0.25) is 18.7 Å². The molecule has 2 aromatic heterocycles. The Kier molecular flexibility index (Phi) is 7.87. The molecule has 0 bridgehead atoms. The summed E-state index contributed by atoms with van der Waals surface area (Å²) in [6.45, 7) is 5.09. The van der Waals surface area contributed by atoms with Gasteiger partial charge < -0.3 is 14.8 Å². The fraction of sp³-hybridized carbons (Fsp3) is 0.391. The summed E-state index contributed by atoms with van der Waals surface area (Å²) in [5, 5.41) is 2.74. The van der Waals surface area contributed by atoms with Crippen molar-refractivity contribution in [2.24, 2.45) is 0 Å². The second-order valence-corrected chi connectivity index (χ2v) is 8.44. The molecule has 3 rings (SSSR count). The standard InChI is InChI=1S/C23H26FN3O6S/c1-5-25-17(28)12-27-20(29)18-13(3)19(22(30)33-6-2)34-21(18)26(23(27)31)10-9-14-11-15(24)7-8-16(14)32-4/h7-8,11H,5-6,9-10,12H2,1-4H3,(H,25,28). The van der Waals surface area contributed by atoms with E-state index in [4.69, 9.17) is 9.47 Å². The van der Waals surface area contributed by atoms with E-state index in [2.05, 4.69) is 5.32 Å². The van der Waals surface area contributed by atoms with Crippen molar-refractivity contribution in [2.75, 3.05) is 20.3 Å². The zero-order valence-electron chi connectivity index (χ0n) is 19.4. The minimum atomic E-state index is -0.698. The maximum absolute atomic E-state index is 13.8. The minimum Gasteiger partial charge on any atom is -0.496 e. The molecule has 1 aromatic carbocycles. The first-order valence-corrected chi connectivity index (χ1v) is 11.6. The molecule has 0 saturated heterocycles. The highest BCUT2D eigenvalue weighted by Crippen LogP contribution is 2.29. The normalized spacial score (nSPS) is 11.0. The number of fused-ring (bicyclic) bond motifs is 1. The van der Waals surface area contributed by atoms with Crippen LogP contribution in [0.25, 0.3) is 10.2 Å². The molecule has 3 aromatic rings. The van der Waals surface area contributed by atoms with Gasteiger partial charge in [0.25, 0.3) is 5.56 Å². The van der Waals surface area contributed by atoms with E-state index in [9.17, 15) is 23.6 Å². The van der Waals surface area contributed by atoms with E-state index >= 15 is 0 Å². The molecule has 0 aliphatic heterocycles. The number of methoxy groups -OCH3 is 1. The minimum absolute atomic E-state index is 0.0625. The summed E-state index contributed by atoms with van der Waals surface area (Å²) >= 11 is 0.982. The van der Waals surface area contributed by atoms with Crippen LogP contribution in [0.4, 0.5) is 4.39 Å². The number of nitrogens with one attached hydrogen (secondary N) is 1. The molecular weight excluding hydrogens is 465 g/mol. The van der Waals surface area contributed by atoms with Crippen LogP contribution in [0.3, 0.4) is 0 Å². The van der Waals surface area contributed by atoms with E-state index < -0.39 is 35.5 Å². The second kappa shape index (κ2) is 10.6. The monoisotopic (exact) mass is 491 g/mol. The van der Waals surface area contributed by atoms with Crippen LogP contribution in [0.15, 0.2) is 27.8 Å². The summed E-state index contributed by atoms with van der Waals surface area (Å²) in [6.07, 6.45) is 0.209. The number of thiophene rings is 1. The molecule has 0 unspecified atom stereocenters. The number of carbonyl (C=O) groups is 2. The molecule has 2 heterocycles. The van der Waals surface area contributed by atoms with Crippen molar-refractivity contribution < 1.29 is 23.5 Å². The molecule has 0 aliphatic rings. The Labute approximate surface area is 198 Å². The SMILES string of the molecule is CCNC(=O)Cn1c(=O)c2c(C)c(C(=O)OCC)sc2n(CCc2cc(F)ccc2OC)c1=O. The first-order chi connectivity index (χ1) is 16.2. The van der Waals surface area contributed by atoms with Crippen LogP contribution >= 0.6 is 11.3 Å². The highest BCUT2D eigenvalue weighted by molar-refractivity contribution is 7.20. The Morgan fingerprint density at radius 3 is 2.56 bits per heavy atom. The number of halogens is 1. The van der Waals surface area contributed by atoms with Gasteiger partial charge in [-0.05, 0) is 56.5 Å². The van der Waals surface area contributed by atoms with Crippen LogP contribution in [0, 0.1) is 12.7 Å². The fourth-order valence-corrected chi connectivity index (χ4v) is 4.91. The average molecular weight is 492 g/mol. The van der Waals surface area contributed by atoms with Gasteiger partial charge in [-0.2, -0.15) is 0 Å². The lowest BCUT2D eigenvalue weighted by molar-refractivity contribution is -0.121. The molecule has 0 fully saturated rings. The number of carbonyl (C=O) groups excluding carboxylic acids is 2. The summed E-state index contributed by atoms with van der Waals surface area (Å²) in [5.41, 5.74) is -0.445. The number of hydrogen-bond donors (Lipinski definition) is 1. The highest BCUT2D eigenvalue weighted by Gasteiger charge is 2.24. The Hall–Kier alpha value is -3.47. The molecule has 0 saturated carbocycles. The van der Waals surface area contributed by atoms with Gasteiger partial charge in [0.2, 0.25) is 5.91 Å². The first-order valence-electron chi connectivity index (χ1n) is 10.8. The highest BCUT2D eigenvalue weighted by atomic mass is 32.1. The van der Waals surface area contributed by atoms with Crippen molar-refractivity contribution in [2.45, 2.75) is 40.3 Å². The lowest BCUT2D eigenvalue weighted by atomic mass is 10.1. The largest absolute Gasteiger partial charge is 0.496 e. The number of hydrogen-bond acceptors (Lipinski definition) is 7. The third-order valence-corrected chi connectivity index (χ3v) is 6.57. The van der Waals surface area contributed by atoms with Gasteiger partial charge in [0.1, 0.15) is 27.8 Å². The van der Waals surface area contributed by atoms with Crippen LogP contribution in [0.1, 0.15) is 34.6 Å². The molecule has 1 N–H and O–H groups in total. The van der Waals surface area contributed by atoms with Crippen LogP contribution in [-0.2, 0) is 29.0 Å². The predicted molar refractivity (Wildman–Crippen MR) is 126 cm³/mol. The van der Waals surface area contributed by atoms with Crippen molar-refractivity contribution >= 4 is 33.4 Å². The summed E-state index contributed by atoms with van der Waals surface area (Å²) in [7, 11) is 1.46. The van der Waals surface area contributed by atoms with Gasteiger partial charge in [-0.15, -0.1) is 11.3 Å². The molecule has 182 valence electrons. The molecule has 34 heavy (non-hydrogen) atoms. The van der Waals surface area contributed by atoms with Crippen LogP contribution < -0.4 is 21.3 Å². The summed E-state index contributed by atoms with van der Waals surface area (Å²) < 4.78 is 26.4. The number of rotatable bonds is 9. The summed E-state index contributed by atoms with van der Waals surface area (Å²) in [6, 6.07) is 4.08. The third-order valence-electron chi connectivity index (χ3n) is 5.28. The van der Waals surface area contributed by atoms with E-state index in [1.165, 1.54) is 29.9 Å². The van der Waals surface area contributed by atoms with Crippen molar-refractivity contribution in [1.29, 1.82) is 0 Å². The van der Waals surface area contributed by atoms with E-state index in [1.54, 1.807) is 20.8 Å². The predicted octanol–water partition coefficient (Wildman–Crippen LogP) is 2.24. The smallest absolute Gasteiger partial charge is 0.348 e. The van der Waals surface area contributed by atoms with Crippen molar-refractivity contribution in [3.05, 3.63) is 60.9 Å². The molecule has 0 aliphatic carbocycles. The van der Waals surface area contributed by atoms with Gasteiger partial charge in [0.15, 0.2) is 0 Å². The molecular formula is C23H26FN3O6S. The van der Waals surface area contributed by atoms with E-state index in [0.29, 0.717) is 23.4 Å². The Morgan fingerprint density at radius 2 is 1.91 bits per heavy atom. The van der Waals surface area contributed by atoms with Gasteiger partial charge in [0.05, 0.1) is 19.1 Å².